The van der Waals surface area contributed by atoms with E-state index < -0.39 is 104 Å². The molecule has 106 heavy (non-hydrogen) atoms. The third kappa shape index (κ3) is 29.4. The molecule has 0 saturated heterocycles. The molecule has 0 bridgehead atoms. The average Bonchev–Trinajstić information content (AvgIpc) is 1.42. The summed E-state index contributed by atoms with van der Waals surface area (Å²) < 4.78 is 0. The predicted octanol–water partition coefficient (Wildman–Crippen LogP) is 26.5. The third-order valence-electron chi connectivity index (χ3n) is 24.1. The van der Waals surface area contributed by atoms with E-state index in [1.165, 1.54) is 199 Å². The molecule has 576 valence electrons. The van der Waals surface area contributed by atoms with Crippen LogP contribution >= 0.6 is 85.1 Å². The Bertz CT molecular complexity index is 3580. The van der Waals surface area contributed by atoms with Gasteiger partial charge in [0.05, 0.1) is 30.2 Å². The molecule has 10 fully saturated rings. The van der Waals surface area contributed by atoms with Crippen LogP contribution in [-0.4, -0.2) is 86.8 Å². The molecule has 5 aromatic carbocycles. The second-order valence-corrected chi connectivity index (χ2v) is 49.1. The molecule has 0 aliphatic heterocycles. The summed E-state index contributed by atoms with van der Waals surface area (Å²) in [4.78, 5) is 23.9. The van der Waals surface area contributed by atoms with Crippen molar-refractivity contribution in [2.24, 2.45) is 52.0 Å². The number of para-hydroxylation sites is 5. The number of phenolic OH excluding ortho intramolecular Hbond substituents is 5. The van der Waals surface area contributed by atoms with E-state index in [1.54, 1.807) is 0 Å². The number of halogens is 10. The zero-order chi connectivity index (χ0) is 77.2. The van der Waals surface area contributed by atoms with Crippen molar-refractivity contribution in [2.45, 2.75) is 264 Å². The summed E-state index contributed by atoms with van der Waals surface area (Å²) in [6, 6.07) is 31.6. The fourth-order valence-corrected chi connectivity index (χ4v) is 17.6. The quantitative estimate of drug-likeness (QED) is 0.0878. The molecule has 10 saturated carbocycles. The summed E-state index contributed by atoms with van der Waals surface area (Å²) >= 11 is -4.13. The number of aryl methyl sites for hydroxylation is 5. The number of hydrogen-bond acceptors (Lipinski definition) is 10. The van der Waals surface area contributed by atoms with Gasteiger partial charge in [-0.25, -0.2) is 0 Å². The predicted molar refractivity (Wildman–Crippen MR) is 435 cm³/mol. The third-order valence-corrected chi connectivity index (χ3v) is 24.1. The summed E-state index contributed by atoms with van der Waals surface area (Å²) in [5.41, 5.74) is 11.6. The molecule has 5 aromatic rings. The Morgan fingerprint density at radius 1 is 0.283 bits per heavy atom. The van der Waals surface area contributed by atoms with Crippen LogP contribution in [0.3, 0.4) is 0 Å². The van der Waals surface area contributed by atoms with Crippen LogP contribution in [0.5, 0.6) is 28.7 Å². The molecular weight excluding hydrogens is 1930 g/mol. The molecule has 0 heterocycles. The molecule has 0 amide bonds. The van der Waals surface area contributed by atoms with Crippen LogP contribution in [0.15, 0.2) is 116 Å². The van der Waals surface area contributed by atoms with Crippen LogP contribution in [0, 0.1) is 61.7 Å². The first-order valence-electron chi connectivity index (χ1n) is 37.5. The Hall–Kier alpha value is 0.766. The van der Waals surface area contributed by atoms with Gasteiger partial charge in [0.25, 0.3) is 0 Å². The number of nitrogens with zero attached hydrogens (tertiary/aromatic N) is 5. The van der Waals surface area contributed by atoms with Gasteiger partial charge < -0.3 is 25.5 Å². The van der Waals surface area contributed by atoms with E-state index in [0.29, 0.717) is 86.0 Å². The van der Waals surface area contributed by atoms with E-state index >= 15 is 0 Å². The molecule has 5 atom stereocenters. The van der Waals surface area contributed by atoms with Crippen LogP contribution in [0.25, 0.3) is 0 Å². The second-order valence-electron chi connectivity index (χ2n) is 30.4. The summed E-state index contributed by atoms with van der Waals surface area (Å²) in [6.45, 7) is 9.63. The van der Waals surface area contributed by atoms with Gasteiger partial charge in [-0.2, -0.15) is 0 Å². The monoisotopic (exact) mass is 2030 g/mol. The van der Waals surface area contributed by atoms with Crippen molar-refractivity contribution in [1.82, 2.24) is 0 Å². The molecule has 10 nitrogen and oxygen atoms in total. The summed E-state index contributed by atoms with van der Waals surface area (Å²) in [5.74, 6) is 1.88. The van der Waals surface area contributed by atoms with Crippen LogP contribution < -0.4 is 0 Å². The van der Waals surface area contributed by atoms with Gasteiger partial charge >= 0.3 is 189 Å². The van der Waals surface area contributed by atoms with E-state index in [2.05, 4.69) is 4.99 Å². The number of benzene rings is 5. The van der Waals surface area contributed by atoms with E-state index in [1.807, 2.05) is 157 Å². The van der Waals surface area contributed by atoms with Crippen LogP contribution in [0.2, 0.25) is 0 Å². The minimum absolute atomic E-state index is 0.371. The Kier molecular flexibility index (Phi) is 45.5. The molecular formula is C81H107Cl10N5O5Zr5. The molecule has 0 radical (unpaired) electrons. The Balaban J connectivity index is 0.000000198. The Morgan fingerprint density at radius 2 is 0.509 bits per heavy atom. The summed E-state index contributed by atoms with van der Waals surface area (Å²) in [5, 5.41) is 49.9. The van der Waals surface area contributed by atoms with Crippen molar-refractivity contribution >= 4 is 116 Å². The summed E-state index contributed by atoms with van der Waals surface area (Å²) in [7, 11) is 49.3. The molecule has 5 N–H and O–H groups in total. The van der Waals surface area contributed by atoms with Gasteiger partial charge in [-0.3, -0.25) is 25.0 Å². The molecule has 25 heteroatoms. The molecule has 5 spiro atoms. The molecule has 5 unspecified atom stereocenters. The number of hydrogen-bond donors (Lipinski definition) is 5. The second kappa shape index (κ2) is 50.4. The van der Waals surface area contributed by atoms with Gasteiger partial charge in [0.2, 0.25) is 0 Å². The van der Waals surface area contributed by atoms with Gasteiger partial charge in [0.15, 0.2) is 0 Å². The van der Waals surface area contributed by atoms with Crippen LogP contribution in [0.4, 0.5) is 0 Å². The van der Waals surface area contributed by atoms with E-state index in [9.17, 15) is 25.5 Å². The van der Waals surface area contributed by atoms with Crippen LogP contribution in [0.1, 0.15) is 255 Å². The van der Waals surface area contributed by atoms with Crippen molar-refractivity contribution in [2.75, 3.05) is 0 Å². The zero-order valence-corrected chi connectivity index (χ0v) is 82.0. The Labute approximate surface area is 727 Å². The minimum atomic E-state index is -0.826. The molecule has 10 aliphatic carbocycles. The molecule has 0 aromatic heterocycles. The van der Waals surface area contributed by atoms with Gasteiger partial charge in [-0.05, 0) is 255 Å². The van der Waals surface area contributed by atoms with Gasteiger partial charge in [-0.1, -0.05) is 125 Å². The standard InChI is InChI=1S/C18H25NO.C17H23NO.C16H21NO.2C15H19NO.10ClH.5Zr/c1-14-7-5-8-15(17(14)20)13-19-16-9-6-12-18(16)10-3-2-4-11-18;1-13-6-4-7-14(16(13)19)12-18-15-8-5-11-17(15)9-2-3-10-17;1-12-5-2-6-13(15(12)18)11-17-14-7-3-8-16(14)9-4-10-16;1-11-4-2-5-12(14(11)17)10-16-13-6-3-7-15(13)8-9-15;1-11-3-2-4-12(14(11)17)10-16-13-5-6-15(9-13)7-8-15;;;;;;;;;;;;;;;/h5,7-8,13,16,20H,2-4,6,9-12H2,1H3;4,6-7,12,15,19H,2-3,5,8-11H2,1H3;2,5-6,11,14,18H,3-4,7-10H2,1H3;2,4-5,10,13,17H,3,6-9H2,1H3;2-4,10,13,17H,5-9H2,1H3;10*1H;;;;;/q;;;;;;;;;;;;;;;5*+2/p-10. The van der Waals surface area contributed by atoms with Gasteiger partial charge in [0, 0.05) is 58.9 Å². The summed E-state index contributed by atoms with van der Waals surface area (Å²) in [6.07, 6.45) is 50.8. The number of phenols is 5. The Morgan fingerprint density at radius 3 is 0.736 bits per heavy atom. The number of aliphatic imine (C=N–C) groups is 5. The van der Waals surface area contributed by atoms with Gasteiger partial charge in [-0.15, -0.1) is 0 Å². The fourth-order valence-electron chi connectivity index (χ4n) is 17.6. The first-order valence-corrected chi connectivity index (χ1v) is 69.2. The maximum absolute atomic E-state index is 10.1. The average molecular weight is 2040 g/mol. The van der Waals surface area contributed by atoms with E-state index in [4.69, 9.17) is 105 Å². The number of aromatic hydroxyl groups is 5. The molecule has 15 rings (SSSR count). The topological polar surface area (TPSA) is 163 Å². The molecule has 10 aliphatic rings. The van der Waals surface area contributed by atoms with Crippen molar-refractivity contribution in [3.05, 3.63) is 147 Å². The van der Waals surface area contributed by atoms with Crippen molar-refractivity contribution in [3.63, 3.8) is 0 Å². The van der Waals surface area contributed by atoms with E-state index in [-0.39, 0.29) is 0 Å². The first-order chi connectivity index (χ1) is 51.1. The fraction of sp³-hybridized carbons (Fsp3) is 0.568. The maximum atomic E-state index is 10.1. The van der Waals surface area contributed by atoms with Crippen LogP contribution in [-0.2, 0) is 104 Å². The SMILES string of the molecule is Cc1cccc(C=NC2CCC3(CC3)C2)c1O.Cc1cccc(C=NC2CCCC23CC3)c1O.Cc1cccc(C=NC2CCCC23CCC3)c1O.Cc1cccc(C=NC2CCCC23CCCC3)c1O.Cc1cccc(C=NC2CCCC23CCCCC3)c1O.[Cl][Zr][Cl].[Cl][Zr][Cl].[Cl][Zr][Cl].[Cl][Zr][Cl].[Cl][Zr][Cl]. The number of rotatable bonds is 10. The van der Waals surface area contributed by atoms with Crippen molar-refractivity contribution in [3.8, 4) is 28.7 Å². The zero-order valence-electron chi connectivity index (χ0n) is 62.1. The first kappa shape index (κ1) is 95.6. The van der Waals surface area contributed by atoms with Crippen molar-refractivity contribution < 1.29 is 130 Å². The van der Waals surface area contributed by atoms with E-state index in [0.717, 1.165) is 55.6 Å². The van der Waals surface area contributed by atoms with Crippen molar-refractivity contribution in [1.29, 1.82) is 0 Å². The van der Waals surface area contributed by atoms with Gasteiger partial charge in [0.1, 0.15) is 28.7 Å². The normalized spacial score (nSPS) is 22.7.